The molecule has 14 heteroatoms. The number of halogens is 2. The van der Waals surface area contributed by atoms with E-state index in [2.05, 4.69) is 20.3 Å². The molecule has 0 radical (unpaired) electrons. The zero-order valence-corrected chi connectivity index (χ0v) is 25.7. The fourth-order valence-electron chi connectivity index (χ4n) is 5.16. The van der Waals surface area contributed by atoms with Crippen LogP contribution in [0.4, 0.5) is 14.5 Å². The summed E-state index contributed by atoms with van der Waals surface area (Å²) in [6.07, 6.45) is 2.38. The Hall–Kier alpha value is -5.34. The van der Waals surface area contributed by atoms with Crippen LogP contribution < -0.4 is 25.2 Å². The lowest BCUT2D eigenvalue weighted by atomic mass is 10.1. The highest BCUT2D eigenvalue weighted by molar-refractivity contribution is 6.01. The third-order valence-electron chi connectivity index (χ3n) is 7.61. The van der Waals surface area contributed by atoms with E-state index in [0.29, 0.717) is 34.8 Å². The predicted octanol–water partition coefficient (Wildman–Crippen LogP) is 4.55. The molecule has 0 spiro atoms. The van der Waals surface area contributed by atoms with Crippen LogP contribution in [0.5, 0.6) is 23.0 Å². The molecule has 1 N–H and O–H groups in total. The van der Waals surface area contributed by atoms with E-state index in [1.165, 1.54) is 44.5 Å². The molecular weight excluding hydrogens is 614 g/mol. The highest BCUT2D eigenvalue weighted by Gasteiger charge is 2.20. The summed E-state index contributed by atoms with van der Waals surface area (Å²) in [5, 5.41) is 7.15. The second-order valence-corrected chi connectivity index (χ2v) is 10.7. The van der Waals surface area contributed by atoms with Crippen LogP contribution in [0.2, 0.25) is 0 Å². The van der Waals surface area contributed by atoms with E-state index in [4.69, 9.17) is 18.9 Å². The number of fused-ring (bicyclic) bond motifs is 1. The second kappa shape index (κ2) is 14.0. The number of nitrogens with zero attached hydrogens (tertiary/aromatic N) is 5. The van der Waals surface area contributed by atoms with Crippen molar-refractivity contribution >= 4 is 22.5 Å². The van der Waals surface area contributed by atoms with E-state index < -0.39 is 23.2 Å². The van der Waals surface area contributed by atoms with E-state index in [1.54, 1.807) is 24.4 Å². The molecule has 2 aromatic heterocycles. The van der Waals surface area contributed by atoms with Crippen LogP contribution in [0.1, 0.15) is 17.0 Å². The molecule has 1 fully saturated rings. The first-order valence-electron chi connectivity index (χ1n) is 14.9. The molecule has 6 rings (SSSR count). The maximum atomic E-state index is 15.3. The van der Waals surface area contributed by atoms with Crippen molar-refractivity contribution in [1.29, 1.82) is 0 Å². The maximum absolute atomic E-state index is 15.3. The number of benzene rings is 3. The molecule has 12 nitrogen and oxygen atoms in total. The van der Waals surface area contributed by atoms with Gasteiger partial charge in [-0.15, -0.1) is 5.10 Å². The molecule has 0 atom stereocenters. The molecule has 3 aromatic carbocycles. The number of carbonyl (C=O) groups is 1. The molecule has 0 unspecified atom stereocenters. The molecule has 0 aliphatic carbocycles. The molecule has 0 bridgehead atoms. The van der Waals surface area contributed by atoms with Crippen LogP contribution in [0, 0.1) is 11.6 Å². The summed E-state index contributed by atoms with van der Waals surface area (Å²) in [6, 6.07) is 14.2. The minimum atomic E-state index is -0.765. The molecule has 0 saturated carbocycles. The van der Waals surface area contributed by atoms with E-state index in [9.17, 15) is 14.0 Å². The molecule has 1 aliphatic rings. The van der Waals surface area contributed by atoms with E-state index in [-0.39, 0.29) is 22.9 Å². The number of hydrogen-bond donors (Lipinski definition) is 1. The Morgan fingerprint density at radius 3 is 2.60 bits per heavy atom. The summed E-state index contributed by atoms with van der Waals surface area (Å²) in [5.74, 6) is -1.07. The monoisotopic (exact) mass is 646 g/mol. The van der Waals surface area contributed by atoms with Crippen LogP contribution in [-0.2, 0) is 11.8 Å². The first-order valence-corrected chi connectivity index (χ1v) is 14.9. The van der Waals surface area contributed by atoms with Crippen LogP contribution >= 0.6 is 0 Å². The molecule has 3 heterocycles. The predicted molar refractivity (Wildman–Crippen MR) is 169 cm³/mol. The number of methoxy groups -OCH3 is 1. The SMILES string of the molecule is COc1cc2c(Oc3ccc(NC(=O)c4nn(-c5cccc(F)c5)c(=O)n4C)cc3F)ccnc2cc1OCCCN1CCOCC1. The number of pyridine rings is 1. The quantitative estimate of drug-likeness (QED) is 0.206. The fraction of sp³-hybridized carbons (Fsp3) is 0.273. The smallest absolute Gasteiger partial charge is 0.350 e. The number of morpholine rings is 1. The Bertz CT molecular complexity index is 1970. The average molecular weight is 647 g/mol. The third-order valence-corrected chi connectivity index (χ3v) is 7.61. The molecular formula is C33H32F2N6O6. The molecule has 244 valence electrons. The third kappa shape index (κ3) is 7.08. The standard InChI is InChI=1S/C33H32F2N6O6/c1-39-31(38-41(33(39)43)23-6-3-5-21(34)17-23)32(42)37-22-7-8-28(25(35)18-22)47-27-9-10-36-26-20-30(29(44-2)19-24(26)27)46-14-4-11-40-12-15-45-16-13-40/h3,5-10,17-20H,4,11-16H2,1-2H3,(H,37,42). The van der Waals surface area contributed by atoms with Gasteiger partial charge in [0.1, 0.15) is 11.6 Å². The number of aromatic nitrogens is 4. The number of rotatable bonds is 11. The Kier molecular flexibility index (Phi) is 9.40. The van der Waals surface area contributed by atoms with Gasteiger partial charge < -0.3 is 24.3 Å². The zero-order valence-electron chi connectivity index (χ0n) is 25.7. The van der Waals surface area contributed by atoms with Gasteiger partial charge in [0.25, 0.3) is 5.91 Å². The van der Waals surface area contributed by atoms with Gasteiger partial charge in [-0.25, -0.2) is 13.6 Å². The summed E-state index contributed by atoms with van der Waals surface area (Å²) in [5.41, 5.74) is 0.171. The van der Waals surface area contributed by atoms with E-state index in [1.807, 2.05) is 0 Å². The zero-order chi connectivity index (χ0) is 32.9. The molecule has 47 heavy (non-hydrogen) atoms. The average Bonchev–Trinajstić information content (AvgIpc) is 3.38. The fourth-order valence-corrected chi connectivity index (χ4v) is 5.16. The summed E-state index contributed by atoms with van der Waals surface area (Å²) in [7, 11) is 2.89. The number of carbonyl (C=O) groups excluding carboxylic acids is 1. The Balaban J connectivity index is 1.14. The first-order chi connectivity index (χ1) is 22.8. The van der Waals surface area contributed by atoms with Gasteiger partial charge in [0.2, 0.25) is 5.82 Å². The Morgan fingerprint density at radius 1 is 1.00 bits per heavy atom. The molecule has 5 aromatic rings. The van der Waals surface area contributed by atoms with Crippen molar-refractivity contribution in [3.05, 3.63) is 94.8 Å². The number of amides is 1. The van der Waals surface area contributed by atoms with Crippen molar-refractivity contribution in [1.82, 2.24) is 24.2 Å². The highest BCUT2D eigenvalue weighted by Crippen LogP contribution is 2.38. The van der Waals surface area contributed by atoms with Crippen molar-refractivity contribution in [2.75, 3.05) is 51.9 Å². The first kappa shape index (κ1) is 31.6. The van der Waals surface area contributed by atoms with Gasteiger partial charge >= 0.3 is 5.69 Å². The van der Waals surface area contributed by atoms with Gasteiger partial charge in [0, 0.05) is 56.1 Å². The molecule has 1 amide bonds. The van der Waals surface area contributed by atoms with Gasteiger partial charge in [-0.05, 0) is 48.9 Å². The van der Waals surface area contributed by atoms with Gasteiger partial charge in [-0.1, -0.05) is 6.07 Å². The van der Waals surface area contributed by atoms with Crippen LogP contribution in [0.3, 0.4) is 0 Å². The van der Waals surface area contributed by atoms with E-state index >= 15 is 4.39 Å². The van der Waals surface area contributed by atoms with Crippen LogP contribution in [0.25, 0.3) is 16.6 Å². The summed E-state index contributed by atoms with van der Waals surface area (Å²) >= 11 is 0. The van der Waals surface area contributed by atoms with Crippen molar-refractivity contribution in [3.8, 4) is 28.7 Å². The summed E-state index contributed by atoms with van der Waals surface area (Å²) in [6.45, 7) is 4.72. The lowest BCUT2D eigenvalue weighted by Gasteiger charge is -2.26. The van der Waals surface area contributed by atoms with Crippen molar-refractivity contribution in [3.63, 3.8) is 0 Å². The number of nitrogens with one attached hydrogen (secondary N) is 1. The Labute approximate surface area is 268 Å². The van der Waals surface area contributed by atoms with Gasteiger partial charge in [0.05, 0.1) is 38.1 Å². The number of hydrogen-bond acceptors (Lipinski definition) is 9. The lowest BCUT2D eigenvalue weighted by molar-refractivity contribution is 0.0357. The maximum Gasteiger partial charge on any atom is 0.350 e. The Morgan fingerprint density at radius 2 is 1.83 bits per heavy atom. The minimum Gasteiger partial charge on any atom is -0.493 e. The summed E-state index contributed by atoms with van der Waals surface area (Å²) in [4.78, 5) is 32.4. The van der Waals surface area contributed by atoms with Crippen molar-refractivity contribution < 1.29 is 32.5 Å². The summed E-state index contributed by atoms with van der Waals surface area (Å²) < 4.78 is 53.8. The van der Waals surface area contributed by atoms with Gasteiger partial charge in [-0.2, -0.15) is 4.68 Å². The minimum absolute atomic E-state index is 0.0966. The normalized spacial score (nSPS) is 13.4. The highest BCUT2D eigenvalue weighted by atomic mass is 19.1. The van der Waals surface area contributed by atoms with Crippen molar-refractivity contribution in [2.45, 2.75) is 6.42 Å². The second-order valence-electron chi connectivity index (χ2n) is 10.7. The van der Waals surface area contributed by atoms with Crippen LogP contribution in [0.15, 0.2) is 71.7 Å². The molecule has 1 saturated heterocycles. The topological polar surface area (TPSA) is 122 Å². The van der Waals surface area contributed by atoms with Gasteiger partial charge in [0.15, 0.2) is 23.1 Å². The van der Waals surface area contributed by atoms with Crippen molar-refractivity contribution in [2.24, 2.45) is 7.05 Å². The number of anilines is 1. The van der Waals surface area contributed by atoms with Gasteiger partial charge in [-0.3, -0.25) is 19.2 Å². The molecule has 1 aliphatic heterocycles. The van der Waals surface area contributed by atoms with Crippen LogP contribution in [-0.4, -0.2) is 76.7 Å². The van der Waals surface area contributed by atoms with E-state index in [0.717, 1.165) is 60.7 Å². The number of ether oxygens (including phenoxy) is 4. The lowest BCUT2D eigenvalue weighted by Crippen LogP contribution is -2.37. The largest absolute Gasteiger partial charge is 0.493 e.